The van der Waals surface area contributed by atoms with E-state index in [-0.39, 0.29) is 17.1 Å². The third-order valence-electron chi connectivity index (χ3n) is 4.36. The third kappa shape index (κ3) is 8.41. The molecule has 0 aliphatic carbocycles. The maximum Gasteiger partial charge on any atom is 0.257 e. The van der Waals surface area contributed by atoms with Gasteiger partial charge in [0.1, 0.15) is 11.5 Å². The van der Waals surface area contributed by atoms with Crippen LogP contribution in [0.15, 0.2) is 48.5 Å². The van der Waals surface area contributed by atoms with Gasteiger partial charge in [0.2, 0.25) is 0 Å². The summed E-state index contributed by atoms with van der Waals surface area (Å²) in [5.41, 5.74) is 1.22. The van der Waals surface area contributed by atoms with E-state index < -0.39 is 0 Å². The van der Waals surface area contributed by atoms with Gasteiger partial charge in [-0.3, -0.25) is 10.1 Å². The number of hydrogen-bond donors (Lipinski definition) is 2. The summed E-state index contributed by atoms with van der Waals surface area (Å²) in [5, 5.41) is 5.94. The number of rotatable bonds is 11. The lowest BCUT2D eigenvalue weighted by Gasteiger charge is -2.16. The van der Waals surface area contributed by atoms with Crippen molar-refractivity contribution in [1.29, 1.82) is 0 Å². The Labute approximate surface area is 185 Å². The van der Waals surface area contributed by atoms with Gasteiger partial charge in [0.25, 0.3) is 5.91 Å². The molecule has 0 aliphatic rings. The van der Waals surface area contributed by atoms with Gasteiger partial charge in [0.05, 0.1) is 18.4 Å². The quantitative estimate of drug-likeness (QED) is 0.342. The summed E-state index contributed by atoms with van der Waals surface area (Å²) >= 11 is 5.29. The van der Waals surface area contributed by atoms with E-state index in [2.05, 4.69) is 17.6 Å². The number of carbonyl (C=O) groups is 1. The summed E-state index contributed by atoms with van der Waals surface area (Å²) in [5.74, 6) is 1.17. The number of hydrogen-bond acceptors (Lipinski definition) is 4. The average molecular weight is 429 g/mol. The minimum Gasteiger partial charge on any atom is -0.494 e. The molecule has 0 fully saturated rings. The largest absolute Gasteiger partial charge is 0.494 e. The fourth-order valence-corrected chi connectivity index (χ4v) is 3.06. The van der Waals surface area contributed by atoms with Gasteiger partial charge in [-0.05, 0) is 68.9 Å². The highest BCUT2D eigenvalue weighted by atomic mass is 32.1. The van der Waals surface area contributed by atoms with Crippen LogP contribution in [0.1, 0.15) is 63.2 Å². The number of nitrogens with one attached hydrogen (secondary N) is 2. The topological polar surface area (TPSA) is 59.6 Å². The molecule has 0 aliphatic heterocycles. The standard InChI is InChI=1S/C24H32N2O3S/c1-4-5-6-7-10-17-28-20-15-13-19(14-16-20)23(27)26-24(30)25-21-11-8-9-12-22(21)29-18(2)3/h8-9,11-16,18H,4-7,10,17H2,1-3H3,(H2,25,26,27,30). The number of unbranched alkanes of at least 4 members (excludes halogenated alkanes) is 4. The molecule has 6 heteroatoms. The second-order valence-electron chi connectivity index (χ2n) is 7.36. The van der Waals surface area contributed by atoms with Crippen molar-refractivity contribution >= 4 is 28.9 Å². The monoisotopic (exact) mass is 428 g/mol. The predicted molar refractivity (Wildman–Crippen MR) is 127 cm³/mol. The van der Waals surface area contributed by atoms with E-state index in [1.807, 2.05) is 50.2 Å². The van der Waals surface area contributed by atoms with Crippen molar-refractivity contribution < 1.29 is 14.3 Å². The molecule has 0 bridgehead atoms. The Bertz CT molecular complexity index is 806. The van der Waals surface area contributed by atoms with Crippen LogP contribution in [0.25, 0.3) is 0 Å². The van der Waals surface area contributed by atoms with Crippen molar-refractivity contribution in [2.24, 2.45) is 0 Å². The molecule has 0 saturated heterocycles. The summed E-state index contributed by atoms with van der Waals surface area (Å²) in [6.45, 7) is 6.81. The average Bonchev–Trinajstić information content (AvgIpc) is 2.72. The fraction of sp³-hybridized carbons (Fsp3) is 0.417. The number of anilines is 1. The van der Waals surface area contributed by atoms with E-state index >= 15 is 0 Å². The first kappa shape index (κ1) is 23.7. The minimum atomic E-state index is -0.277. The van der Waals surface area contributed by atoms with E-state index in [0.717, 1.165) is 12.2 Å². The molecule has 0 saturated carbocycles. The third-order valence-corrected chi connectivity index (χ3v) is 4.56. The van der Waals surface area contributed by atoms with Crippen LogP contribution in [0.3, 0.4) is 0 Å². The molecule has 0 radical (unpaired) electrons. The van der Waals surface area contributed by atoms with Crippen LogP contribution in [-0.2, 0) is 0 Å². The second kappa shape index (κ2) is 12.9. The SMILES string of the molecule is CCCCCCCOc1ccc(C(=O)NC(=S)Nc2ccccc2OC(C)C)cc1. The Hall–Kier alpha value is -2.60. The normalized spacial score (nSPS) is 10.5. The Morgan fingerprint density at radius 3 is 2.40 bits per heavy atom. The van der Waals surface area contributed by atoms with Crippen LogP contribution in [0.5, 0.6) is 11.5 Å². The number of thiocarbonyl (C=S) groups is 1. The molecule has 2 aromatic carbocycles. The predicted octanol–water partition coefficient (Wildman–Crippen LogP) is 5.95. The molecule has 0 spiro atoms. The summed E-state index contributed by atoms with van der Waals surface area (Å²) < 4.78 is 11.5. The molecule has 162 valence electrons. The molecule has 2 rings (SSSR count). The maximum absolute atomic E-state index is 12.5. The Morgan fingerprint density at radius 2 is 1.70 bits per heavy atom. The Morgan fingerprint density at radius 1 is 1.00 bits per heavy atom. The lowest BCUT2D eigenvalue weighted by molar-refractivity contribution is 0.0977. The Kier molecular flexibility index (Phi) is 10.1. The van der Waals surface area contributed by atoms with Gasteiger partial charge < -0.3 is 14.8 Å². The van der Waals surface area contributed by atoms with Gasteiger partial charge >= 0.3 is 0 Å². The molecule has 0 heterocycles. The molecule has 2 N–H and O–H groups in total. The van der Waals surface area contributed by atoms with Gasteiger partial charge in [-0.1, -0.05) is 44.7 Å². The van der Waals surface area contributed by atoms with Crippen LogP contribution in [0.4, 0.5) is 5.69 Å². The fourth-order valence-electron chi connectivity index (χ4n) is 2.85. The number of carbonyl (C=O) groups excluding carboxylic acids is 1. The second-order valence-corrected chi connectivity index (χ2v) is 7.77. The first-order chi connectivity index (χ1) is 14.5. The summed E-state index contributed by atoms with van der Waals surface area (Å²) in [4.78, 5) is 12.5. The van der Waals surface area contributed by atoms with E-state index in [4.69, 9.17) is 21.7 Å². The van der Waals surface area contributed by atoms with Crippen molar-refractivity contribution in [2.75, 3.05) is 11.9 Å². The van der Waals surface area contributed by atoms with Crippen LogP contribution in [0.2, 0.25) is 0 Å². The van der Waals surface area contributed by atoms with Gasteiger partial charge in [-0.15, -0.1) is 0 Å². The number of benzene rings is 2. The lowest BCUT2D eigenvalue weighted by atomic mass is 10.2. The number of para-hydroxylation sites is 2. The summed E-state index contributed by atoms with van der Waals surface area (Å²) in [6, 6.07) is 14.6. The molecule has 0 aromatic heterocycles. The van der Waals surface area contributed by atoms with E-state index in [0.29, 0.717) is 23.6 Å². The van der Waals surface area contributed by atoms with Crippen molar-refractivity contribution in [3.05, 3.63) is 54.1 Å². The van der Waals surface area contributed by atoms with E-state index in [1.54, 1.807) is 12.1 Å². The maximum atomic E-state index is 12.5. The Balaban J connectivity index is 1.82. The van der Waals surface area contributed by atoms with Crippen molar-refractivity contribution in [2.45, 2.75) is 59.0 Å². The molecule has 0 atom stereocenters. The van der Waals surface area contributed by atoms with E-state index in [9.17, 15) is 4.79 Å². The van der Waals surface area contributed by atoms with Crippen molar-refractivity contribution in [1.82, 2.24) is 5.32 Å². The van der Waals surface area contributed by atoms with Gasteiger partial charge in [0, 0.05) is 5.56 Å². The van der Waals surface area contributed by atoms with Gasteiger partial charge in [-0.2, -0.15) is 0 Å². The minimum absolute atomic E-state index is 0.0354. The van der Waals surface area contributed by atoms with Crippen molar-refractivity contribution in [3.63, 3.8) is 0 Å². The molecular formula is C24H32N2O3S. The summed E-state index contributed by atoms with van der Waals surface area (Å²) in [7, 11) is 0. The molecule has 30 heavy (non-hydrogen) atoms. The van der Waals surface area contributed by atoms with Crippen LogP contribution in [0, 0.1) is 0 Å². The zero-order valence-corrected chi connectivity index (χ0v) is 18.9. The highest BCUT2D eigenvalue weighted by molar-refractivity contribution is 7.80. The van der Waals surface area contributed by atoms with Crippen molar-refractivity contribution in [3.8, 4) is 11.5 Å². The first-order valence-corrected chi connectivity index (χ1v) is 11.0. The van der Waals surface area contributed by atoms with Crippen LogP contribution < -0.4 is 20.1 Å². The smallest absolute Gasteiger partial charge is 0.257 e. The number of ether oxygens (including phenoxy) is 2. The number of amides is 1. The molecular weight excluding hydrogens is 396 g/mol. The lowest BCUT2D eigenvalue weighted by Crippen LogP contribution is -2.34. The highest BCUT2D eigenvalue weighted by Crippen LogP contribution is 2.24. The van der Waals surface area contributed by atoms with Crippen LogP contribution >= 0.6 is 12.2 Å². The molecule has 5 nitrogen and oxygen atoms in total. The highest BCUT2D eigenvalue weighted by Gasteiger charge is 2.11. The molecule has 2 aromatic rings. The summed E-state index contributed by atoms with van der Waals surface area (Å²) in [6.07, 6.45) is 6.03. The molecule has 0 unspecified atom stereocenters. The molecule has 1 amide bonds. The zero-order chi connectivity index (χ0) is 21.8. The zero-order valence-electron chi connectivity index (χ0n) is 18.1. The van der Waals surface area contributed by atoms with Crippen LogP contribution in [-0.4, -0.2) is 23.7 Å². The van der Waals surface area contributed by atoms with Gasteiger partial charge in [-0.25, -0.2) is 0 Å². The first-order valence-electron chi connectivity index (χ1n) is 10.6. The van der Waals surface area contributed by atoms with Gasteiger partial charge in [0.15, 0.2) is 5.11 Å². The van der Waals surface area contributed by atoms with E-state index in [1.165, 1.54) is 25.7 Å².